The van der Waals surface area contributed by atoms with Crippen LogP contribution in [0.2, 0.25) is 0 Å². The molecule has 12 rings (SSSR count). The number of aryl methyl sites for hydroxylation is 2. The minimum atomic E-state index is -1.03. The highest BCUT2D eigenvalue weighted by atomic mass is 16.6. The van der Waals surface area contributed by atoms with Crippen molar-refractivity contribution in [3.63, 3.8) is 0 Å². The van der Waals surface area contributed by atoms with Gasteiger partial charge in [0, 0.05) is 55.0 Å². The highest BCUT2D eigenvalue weighted by Crippen LogP contribution is 2.29. The lowest BCUT2D eigenvalue weighted by Gasteiger charge is -2.18. The molecule has 11 N–H and O–H groups in total. The number of amides is 1. The Bertz CT molecular complexity index is 4840. The van der Waals surface area contributed by atoms with Gasteiger partial charge in [0.05, 0.1) is 38.9 Å². The number of carbonyl (C=O) groups excluding carboxylic acids is 2. The first kappa shape index (κ1) is 84.9. The minimum absolute atomic E-state index is 0. The number of anilines is 1. The maximum absolute atomic E-state index is 12.5. The van der Waals surface area contributed by atoms with Gasteiger partial charge in [0.1, 0.15) is 12.1 Å². The van der Waals surface area contributed by atoms with Gasteiger partial charge in [-0.1, -0.05) is 137 Å². The lowest BCUT2D eigenvalue weighted by Crippen LogP contribution is -2.30. The number of nitro groups is 2. The van der Waals surface area contributed by atoms with Crippen molar-refractivity contribution in [1.82, 2.24) is 30.6 Å². The Labute approximate surface area is 606 Å². The molecule has 11 aromatic rings. The van der Waals surface area contributed by atoms with Crippen molar-refractivity contribution in [2.45, 2.75) is 126 Å². The summed E-state index contributed by atoms with van der Waals surface area (Å²) in [5, 5.41) is 57.6. The number of phenolic OH excluding ortho intramolecular Hbond substituents is 2. The first-order valence-electron chi connectivity index (χ1n) is 33.0. The van der Waals surface area contributed by atoms with Crippen LogP contribution in [0.3, 0.4) is 0 Å². The number of carboxylic acid groups (broad SMARTS) is 1. The van der Waals surface area contributed by atoms with Crippen LogP contribution >= 0.6 is 0 Å². The molecule has 0 spiro atoms. The fourth-order valence-electron chi connectivity index (χ4n) is 10.1. The van der Waals surface area contributed by atoms with Crippen LogP contribution in [0.5, 0.6) is 11.5 Å². The number of hydrogen-bond acceptors (Lipinski definition) is 19. The van der Waals surface area contributed by atoms with E-state index < -0.39 is 50.6 Å². The summed E-state index contributed by atoms with van der Waals surface area (Å²) in [6.07, 6.45) is 15.0. The molecule has 0 aliphatic carbocycles. The quantitative estimate of drug-likeness (QED) is 0.0111. The molecule has 1 aliphatic heterocycles. The Hall–Kier alpha value is -12.6. The molecule has 4 aromatic heterocycles. The summed E-state index contributed by atoms with van der Waals surface area (Å²) in [5.41, 5.74) is 17.1. The van der Waals surface area contributed by atoms with Gasteiger partial charge >= 0.3 is 34.6 Å². The number of fused-ring (bicyclic) bond motifs is 4. The number of H-pyrrole nitrogens is 3. The van der Waals surface area contributed by atoms with Gasteiger partial charge in [-0.05, 0) is 172 Å². The maximum Gasteiger partial charge on any atom is 0.417 e. The number of nitro benzene ring substituents is 2. The number of oxazole rings is 3. The largest absolute Gasteiger partial charge is 0.502 e. The van der Waals surface area contributed by atoms with E-state index in [9.17, 15) is 59.2 Å². The summed E-state index contributed by atoms with van der Waals surface area (Å²) in [7, 11) is 0. The number of aromatic hydroxyl groups is 2. The number of allylic oxidation sites excluding steroid dienone is 3. The maximum atomic E-state index is 12.5. The predicted octanol–water partition coefficient (Wildman–Crippen LogP) is 16.1. The molecule has 26 nitrogen and oxygen atoms in total. The number of carbonyl (C=O) groups is 3. The molecule has 1 aliphatic rings. The molecule has 26 heteroatoms. The number of nitrogens with one attached hydrogen (secondary N) is 6. The fourth-order valence-corrected chi connectivity index (χ4v) is 10.1. The molecule has 0 saturated carbocycles. The SMILES string of the molecule is C.C.C/C=C/c1ccc([N+](=O)[O-])c(O)c1.C/C=C/c1ccc2[nH]c(=O)oc2c1.C=CC.CC(NCc1ccccc1)c1ccccc1.CCC(N)c1ccc2[nH]c(=O)oc2c1.O=C(O)CC(NC(=O)CCCCc1ccc2c(n1)NCCC2)c1ccc2[nH]c(=O)oc2c1.O=Cc1ccc([N+](=O)[O-])c(O)c1. The van der Waals surface area contributed by atoms with E-state index in [1.165, 1.54) is 34.9 Å². The molecule has 0 radical (unpaired) electrons. The van der Waals surface area contributed by atoms with Crippen LogP contribution in [0, 0.1) is 20.2 Å². The molecular weight excluding hydrogens is 1340 g/mol. The highest BCUT2D eigenvalue weighted by molar-refractivity contribution is 5.80. The number of benzene rings is 7. The van der Waals surface area contributed by atoms with E-state index in [-0.39, 0.29) is 50.2 Å². The molecule has 0 fully saturated rings. The predicted molar refractivity (Wildman–Crippen MR) is 411 cm³/mol. The first-order valence-corrected chi connectivity index (χ1v) is 33.0. The molecule has 3 unspecified atom stereocenters. The van der Waals surface area contributed by atoms with Gasteiger partial charge in [-0.2, -0.15) is 0 Å². The zero-order chi connectivity index (χ0) is 74.8. The number of carboxylic acids is 1. The molecule has 1 amide bonds. The summed E-state index contributed by atoms with van der Waals surface area (Å²) >= 11 is 0. The Morgan fingerprint density at radius 3 is 1.69 bits per heavy atom. The standard InChI is InChI=1S/C23H26N4O5.C15H17N.C10H12N2O2.C10H9NO2.C9H9NO3.C7H5NO4.C3H6.2CH4/c28-20(6-2-1-5-16-9-7-14-4-3-11-24-22(14)25-16)26-18(13-21(29)30)15-8-10-17-19(12-15)32-23(31)27-17;1-13(15-10-6-3-7-11-15)16-12-14-8-4-2-5-9-14;1-2-7(11)6-3-4-8-9(5-6)14-10(13)12-8;1-2-3-7-4-5-8-9(6-7)13-10(12)11-8;1-2-3-7-4-5-8(10(12)13)9(11)6-7;9-4-5-1-2-6(8(11)12)7(10)3-5;1-3-2;;/h7-10,12,18H,1-6,11,13H2,(H,24,25)(H,26,28)(H,27,31)(H,29,30);2-11,13,16H,12H2,1H3;3-5,7H,2,11H2,1H3,(H,12,13);2-6H,1H3,(H,11,12);2-6,11H,1H3;1-4,10H;3H,1H2,2H3;2*1H4/b;;;2*3-2+;;;;. The molecule has 0 saturated heterocycles. The molecule has 554 valence electrons. The number of nitrogens with zero attached hydrogens (tertiary/aromatic N) is 3. The van der Waals surface area contributed by atoms with Gasteiger partial charge in [-0.3, -0.25) is 49.6 Å². The second-order valence-corrected chi connectivity index (χ2v) is 23.1. The second-order valence-electron chi connectivity index (χ2n) is 23.1. The van der Waals surface area contributed by atoms with Crippen molar-refractivity contribution in [3.05, 3.63) is 291 Å². The Balaban J connectivity index is 0.000000276. The van der Waals surface area contributed by atoms with Crippen LogP contribution in [-0.2, 0) is 29.0 Å². The molecule has 7 aromatic carbocycles. The van der Waals surface area contributed by atoms with E-state index in [1.54, 1.807) is 48.6 Å². The van der Waals surface area contributed by atoms with Gasteiger partial charge in [0.15, 0.2) is 28.2 Å². The molecule has 0 bridgehead atoms. The Morgan fingerprint density at radius 1 is 0.667 bits per heavy atom. The van der Waals surface area contributed by atoms with E-state index in [0.29, 0.717) is 58.5 Å². The Kier molecular flexibility index (Phi) is 35.5. The van der Waals surface area contributed by atoms with E-state index >= 15 is 0 Å². The van der Waals surface area contributed by atoms with Crippen LogP contribution in [0.1, 0.15) is 161 Å². The van der Waals surface area contributed by atoms with Crippen molar-refractivity contribution < 1.29 is 52.8 Å². The van der Waals surface area contributed by atoms with E-state index in [4.69, 9.17) is 24.1 Å². The number of aromatic amines is 3. The second kappa shape index (κ2) is 44.0. The van der Waals surface area contributed by atoms with Gasteiger partial charge in [0.25, 0.3) is 0 Å². The fraction of sp³-hybridized carbons (Fsp3) is 0.253. The number of nitrogens with two attached hydrogens (primary N) is 1. The van der Waals surface area contributed by atoms with Crippen molar-refractivity contribution in [3.8, 4) is 11.5 Å². The number of unbranched alkanes of at least 4 members (excludes halogenated alkanes) is 1. The van der Waals surface area contributed by atoms with Crippen LogP contribution in [-0.4, -0.2) is 69.8 Å². The number of pyridine rings is 1. The van der Waals surface area contributed by atoms with Crippen molar-refractivity contribution in [2.24, 2.45) is 5.73 Å². The average Bonchev–Trinajstić information content (AvgIpc) is 1.73. The van der Waals surface area contributed by atoms with Crippen molar-refractivity contribution >= 4 is 80.8 Å². The molecular formula is C79H92N10O16. The first-order chi connectivity index (χ1) is 49.5. The zero-order valence-corrected chi connectivity index (χ0v) is 57.6. The topological polar surface area (TPSA) is 411 Å². The summed E-state index contributed by atoms with van der Waals surface area (Å²) in [6.45, 7) is 15.1. The van der Waals surface area contributed by atoms with E-state index in [2.05, 4.69) is 104 Å². The summed E-state index contributed by atoms with van der Waals surface area (Å²) in [5.74, 6) is -2.50. The number of aromatic nitrogens is 4. The average molecular weight is 1440 g/mol. The van der Waals surface area contributed by atoms with Gasteiger partial charge in [-0.15, -0.1) is 6.58 Å². The van der Waals surface area contributed by atoms with Gasteiger partial charge in [-0.25, -0.2) is 19.4 Å². The third-order valence-electron chi connectivity index (χ3n) is 15.4. The number of phenols is 2. The number of aldehydes is 1. The monoisotopic (exact) mass is 1440 g/mol. The van der Waals surface area contributed by atoms with Gasteiger partial charge < -0.3 is 50.3 Å². The van der Waals surface area contributed by atoms with Crippen LogP contribution < -0.4 is 39.0 Å². The molecule has 105 heavy (non-hydrogen) atoms. The number of rotatable bonds is 20. The minimum Gasteiger partial charge on any atom is -0.502 e. The van der Waals surface area contributed by atoms with Crippen LogP contribution in [0.15, 0.2) is 216 Å². The lowest BCUT2D eigenvalue weighted by atomic mass is 10.0. The Morgan fingerprint density at radius 2 is 1.16 bits per heavy atom. The zero-order valence-electron chi connectivity index (χ0n) is 57.6. The smallest absolute Gasteiger partial charge is 0.417 e. The lowest BCUT2D eigenvalue weighted by molar-refractivity contribution is -0.386. The summed E-state index contributed by atoms with van der Waals surface area (Å²) in [6, 6.07) is 48.5. The molecule has 3 atom stereocenters. The van der Waals surface area contributed by atoms with Crippen molar-refractivity contribution in [1.29, 1.82) is 0 Å². The third-order valence-corrected chi connectivity index (χ3v) is 15.4. The third kappa shape index (κ3) is 27.7. The normalized spacial score (nSPS) is 11.8. The highest BCUT2D eigenvalue weighted by Gasteiger charge is 2.20. The number of aliphatic carboxylic acids is 1. The molecule has 5 heterocycles. The number of hydrogen-bond donors (Lipinski definition) is 10. The van der Waals surface area contributed by atoms with Crippen LogP contribution in [0.25, 0.3) is 45.5 Å². The van der Waals surface area contributed by atoms with E-state index in [1.807, 2.05) is 88.4 Å². The van der Waals surface area contributed by atoms with Gasteiger partial charge in [0.2, 0.25) is 5.91 Å². The summed E-state index contributed by atoms with van der Waals surface area (Å²) < 4.78 is 14.9. The summed E-state index contributed by atoms with van der Waals surface area (Å²) in [4.78, 5) is 98.5. The van der Waals surface area contributed by atoms with Crippen molar-refractivity contribution in [2.75, 3.05) is 11.9 Å². The van der Waals surface area contributed by atoms with E-state index in [0.717, 1.165) is 91.0 Å². The van der Waals surface area contributed by atoms with Crippen LogP contribution in [0.4, 0.5) is 17.2 Å².